The van der Waals surface area contributed by atoms with E-state index < -0.39 is 0 Å². The molecule has 2 atom stereocenters. The molecule has 0 saturated heterocycles. The lowest BCUT2D eigenvalue weighted by atomic mass is 10.2. The molecule has 2 unspecified atom stereocenters. The first-order valence-corrected chi connectivity index (χ1v) is 6.87. The molecule has 0 aliphatic heterocycles. The highest BCUT2D eigenvalue weighted by molar-refractivity contribution is 5.56. The molecule has 0 heterocycles. The predicted molar refractivity (Wildman–Crippen MR) is 76.9 cm³/mol. The van der Waals surface area contributed by atoms with E-state index >= 15 is 0 Å². The lowest BCUT2D eigenvalue weighted by molar-refractivity contribution is 0.0283. The molecule has 0 amide bonds. The largest absolute Gasteiger partial charge is 0.495 e. The van der Waals surface area contributed by atoms with Crippen LogP contribution in [0, 0.1) is 0 Å². The highest BCUT2D eigenvalue weighted by Gasteiger charge is 2.24. The molecule has 5 heteroatoms. The monoisotopic (exact) mass is 281 g/mol. The quantitative estimate of drug-likeness (QED) is 0.779. The van der Waals surface area contributed by atoms with Gasteiger partial charge in [0.05, 0.1) is 33.0 Å². The minimum atomic E-state index is 0.292. The smallest absolute Gasteiger partial charge is 0.144 e. The molecule has 0 aromatic heterocycles. The molecule has 1 aliphatic rings. The fourth-order valence-corrected chi connectivity index (χ4v) is 2.51. The minimum absolute atomic E-state index is 0.292. The second-order valence-electron chi connectivity index (χ2n) is 4.94. The van der Waals surface area contributed by atoms with Crippen LogP contribution in [0.2, 0.25) is 0 Å². The molecule has 2 rings (SSSR count). The standard InChI is InChI=1S/C15H23NO4/c1-17-12-5-6-13(9-12)20-10-11-4-7-15(18-2)14(8-11)16-19-3/h4,7-8,12-13,16H,5-6,9-10H2,1-3H3. The van der Waals surface area contributed by atoms with Gasteiger partial charge in [-0.1, -0.05) is 6.07 Å². The van der Waals surface area contributed by atoms with Gasteiger partial charge in [-0.05, 0) is 37.0 Å². The zero-order chi connectivity index (χ0) is 14.4. The second kappa shape index (κ2) is 7.47. The normalized spacial score (nSPS) is 21.9. The summed E-state index contributed by atoms with van der Waals surface area (Å²) in [5, 5.41) is 0. The summed E-state index contributed by atoms with van der Waals surface area (Å²) in [6, 6.07) is 5.89. The summed E-state index contributed by atoms with van der Waals surface area (Å²) >= 11 is 0. The van der Waals surface area contributed by atoms with E-state index in [0.717, 1.165) is 36.3 Å². The summed E-state index contributed by atoms with van der Waals surface area (Å²) in [4.78, 5) is 4.94. The molecule has 1 aliphatic carbocycles. The maximum Gasteiger partial charge on any atom is 0.144 e. The van der Waals surface area contributed by atoms with Crippen LogP contribution in [0.15, 0.2) is 18.2 Å². The molecule has 1 N–H and O–H groups in total. The Hall–Kier alpha value is -1.30. The number of methoxy groups -OCH3 is 2. The van der Waals surface area contributed by atoms with Gasteiger partial charge in [-0.15, -0.1) is 0 Å². The summed E-state index contributed by atoms with van der Waals surface area (Å²) in [7, 11) is 4.97. The molecule has 112 valence electrons. The summed E-state index contributed by atoms with van der Waals surface area (Å²) in [5.74, 6) is 0.746. The Bertz CT molecular complexity index is 424. The molecule has 1 aromatic carbocycles. The van der Waals surface area contributed by atoms with Crippen molar-refractivity contribution in [1.29, 1.82) is 0 Å². The average molecular weight is 281 g/mol. The number of benzene rings is 1. The van der Waals surface area contributed by atoms with Gasteiger partial charge in [-0.2, -0.15) is 0 Å². The third kappa shape index (κ3) is 3.85. The fourth-order valence-electron chi connectivity index (χ4n) is 2.51. The van der Waals surface area contributed by atoms with Crippen molar-refractivity contribution in [2.75, 3.05) is 26.8 Å². The predicted octanol–water partition coefficient (Wildman–Crippen LogP) is 2.75. The zero-order valence-corrected chi connectivity index (χ0v) is 12.3. The van der Waals surface area contributed by atoms with E-state index in [0.29, 0.717) is 18.8 Å². The van der Waals surface area contributed by atoms with E-state index in [-0.39, 0.29) is 0 Å². The van der Waals surface area contributed by atoms with Crippen LogP contribution in [0.4, 0.5) is 5.69 Å². The summed E-state index contributed by atoms with van der Waals surface area (Å²) in [6.45, 7) is 0.587. The Kier molecular flexibility index (Phi) is 5.64. The highest BCUT2D eigenvalue weighted by atomic mass is 16.6. The number of nitrogens with one attached hydrogen (secondary N) is 1. The van der Waals surface area contributed by atoms with Crippen molar-refractivity contribution in [2.24, 2.45) is 0 Å². The van der Waals surface area contributed by atoms with Crippen molar-refractivity contribution >= 4 is 5.69 Å². The van der Waals surface area contributed by atoms with E-state index in [1.807, 2.05) is 18.2 Å². The molecular formula is C15H23NO4. The van der Waals surface area contributed by atoms with Gasteiger partial charge in [0.15, 0.2) is 0 Å². The van der Waals surface area contributed by atoms with Crippen LogP contribution < -0.4 is 10.2 Å². The summed E-state index contributed by atoms with van der Waals surface area (Å²) in [6.07, 6.45) is 3.77. The number of rotatable bonds is 7. The van der Waals surface area contributed by atoms with Gasteiger partial charge in [0.2, 0.25) is 0 Å². The van der Waals surface area contributed by atoms with E-state index in [4.69, 9.17) is 19.0 Å². The Balaban J connectivity index is 1.91. The molecule has 0 radical (unpaired) electrons. The first kappa shape index (κ1) is 15.1. The number of ether oxygens (including phenoxy) is 3. The summed E-state index contributed by atoms with van der Waals surface area (Å²) < 4.78 is 16.5. The number of anilines is 1. The van der Waals surface area contributed by atoms with Gasteiger partial charge in [-0.25, -0.2) is 0 Å². The van der Waals surface area contributed by atoms with Crippen molar-refractivity contribution in [1.82, 2.24) is 0 Å². The maximum absolute atomic E-state index is 5.94. The first-order chi connectivity index (χ1) is 9.76. The van der Waals surface area contributed by atoms with Crippen molar-refractivity contribution in [3.63, 3.8) is 0 Å². The first-order valence-electron chi connectivity index (χ1n) is 6.87. The van der Waals surface area contributed by atoms with Crippen LogP contribution in [0.1, 0.15) is 24.8 Å². The molecule has 1 saturated carbocycles. The summed E-state index contributed by atoms with van der Waals surface area (Å²) in [5.41, 5.74) is 4.70. The topological polar surface area (TPSA) is 49.0 Å². The van der Waals surface area contributed by atoms with Crippen LogP contribution in [0.5, 0.6) is 5.75 Å². The van der Waals surface area contributed by atoms with Crippen molar-refractivity contribution in [2.45, 2.75) is 38.1 Å². The zero-order valence-electron chi connectivity index (χ0n) is 12.3. The lowest BCUT2D eigenvalue weighted by Gasteiger charge is -2.14. The Morgan fingerprint density at radius 2 is 1.95 bits per heavy atom. The SMILES string of the molecule is CONc1cc(COC2CCC(OC)C2)ccc1OC. The van der Waals surface area contributed by atoms with Gasteiger partial charge in [0, 0.05) is 7.11 Å². The third-order valence-electron chi connectivity index (χ3n) is 3.63. The van der Waals surface area contributed by atoms with E-state index in [1.54, 1.807) is 21.3 Å². The Labute approximate surface area is 120 Å². The molecule has 1 aromatic rings. The molecule has 0 bridgehead atoms. The van der Waals surface area contributed by atoms with E-state index in [2.05, 4.69) is 5.48 Å². The lowest BCUT2D eigenvalue weighted by Crippen LogP contribution is -2.11. The highest BCUT2D eigenvalue weighted by Crippen LogP contribution is 2.28. The number of hydrogen-bond acceptors (Lipinski definition) is 5. The van der Waals surface area contributed by atoms with Crippen LogP contribution in [0.3, 0.4) is 0 Å². The average Bonchev–Trinajstić information content (AvgIpc) is 2.94. The van der Waals surface area contributed by atoms with E-state index in [9.17, 15) is 0 Å². The van der Waals surface area contributed by atoms with Crippen LogP contribution in [-0.2, 0) is 20.9 Å². The second-order valence-corrected chi connectivity index (χ2v) is 4.94. The molecule has 5 nitrogen and oxygen atoms in total. The van der Waals surface area contributed by atoms with Crippen molar-refractivity contribution in [3.05, 3.63) is 23.8 Å². The van der Waals surface area contributed by atoms with E-state index in [1.165, 1.54) is 0 Å². The van der Waals surface area contributed by atoms with Gasteiger partial charge in [0.1, 0.15) is 11.4 Å². The van der Waals surface area contributed by atoms with Crippen LogP contribution in [-0.4, -0.2) is 33.5 Å². The molecule has 1 fully saturated rings. The molecular weight excluding hydrogens is 258 g/mol. The van der Waals surface area contributed by atoms with Crippen molar-refractivity contribution < 1.29 is 19.0 Å². The minimum Gasteiger partial charge on any atom is -0.495 e. The fraction of sp³-hybridized carbons (Fsp3) is 0.600. The van der Waals surface area contributed by atoms with Gasteiger partial charge in [-0.3, -0.25) is 10.3 Å². The van der Waals surface area contributed by atoms with Gasteiger partial charge in [0.25, 0.3) is 0 Å². The van der Waals surface area contributed by atoms with Crippen LogP contribution >= 0.6 is 0 Å². The van der Waals surface area contributed by atoms with Gasteiger partial charge >= 0.3 is 0 Å². The third-order valence-corrected chi connectivity index (χ3v) is 3.63. The molecule has 0 spiro atoms. The maximum atomic E-state index is 5.94. The van der Waals surface area contributed by atoms with Crippen LogP contribution in [0.25, 0.3) is 0 Å². The Morgan fingerprint density at radius 3 is 2.60 bits per heavy atom. The number of hydrogen-bond donors (Lipinski definition) is 1. The molecule has 20 heavy (non-hydrogen) atoms. The Morgan fingerprint density at radius 1 is 1.15 bits per heavy atom. The van der Waals surface area contributed by atoms with Gasteiger partial charge < -0.3 is 14.2 Å². The van der Waals surface area contributed by atoms with Crippen molar-refractivity contribution in [3.8, 4) is 5.75 Å².